The van der Waals surface area contributed by atoms with Gasteiger partial charge in [-0.1, -0.05) is 0 Å². The molecule has 0 aliphatic carbocycles. The summed E-state index contributed by atoms with van der Waals surface area (Å²) in [5, 5.41) is 8.52. The van der Waals surface area contributed by atoms with Crippen LogP contribution in [0.5, 0.6) is 0 Å². The molecule has 0 aliphatic rings. The van der Waals surface area contributed by atoms with Crippen molar-refractivity contribution in [1.29, 1.82) is 5.26 Å². The molecule has 0 saturated carbocycles. The lowest BCUT2D eigenvalue weighted by Crippen LogP contribution is -2.07. The van der Waals surface area contributed by atoms with E-state index in [0.717, 1.165) is 0 Å². The van der Waals surface area contributed by atoms with E-state index in [2.05, 4.69) is 0 Å². The van der Waals surface area contributed by atoms with Crippen LogP contribution in [0.15, 0.2) is 18.2 Å². The summed E-state index contributed by atoms with van der Waals surface area (Å²) in [6.07, 6.45) is 0. The normalized spacial score (nSPS) is 12.2. The zero-order valence-electron chi connectivity index (χ0n) is 6.71. The molecule has 62 valence electrons. The maximum Gasteiger partial charge on any atom is 0.128 e. The third-order valence-corrected chi connectivity index (χ3v) is 1.62. The van der Waals surface area contributed by atoms with Crippen LogP contribution < -0.4 is 5.73 Å². The lowest BCUT2D eigenvalue weighted by atomic mass is 10.1. The molecule has 0 unspecified atom stereocenters. The maximum atomic E-state index is 13.0. The quantitative estimate of drug-likeness (QED) is 0.687. The molecular weight excluding hydrogens is 155 g/mol. The van der Waals surface area contributed by atoms with Gasteiger partial charge >= 0.3 is 0 Å². The van der Waals surface area contributed by atoms with E-state index in [1.807, 2.05) is 6.07 Å². The molecule has 1 rings (SSSR count). The standard InChI is InChI=1S/C9H9FN2/c1-6(12)8-4-7(5-11)2-3-9(8)10/h2-4,6H,12H2,1H3/t6-/m1/s1. The Labute approximate surface area is 70.4 Å². The Balaban J connectivity index is 3.19. The first-order valence-electron chi connectivity index (χ1n) is 3.60. The van der Waals surface area contributed by atoms with Gasteiger partial charge in [0, 0.05) is 11.6 Å². The van der Waals surface area contributed by atoms with Gasteiger partial charge in [0.15, 0.2) is 0 Å². The van der Waals surface area contributed by atoms with Gasteiger partial charge in [0.2, 0.25) is 0 Å². The van der Waals surface area contributed by atoms with Crippen LogP contribution in [0, 0.1) is 17.1 Å². The fourth-order valence-electron chi connectivity index (χ4n) is 0.962. The third-order valence-electron chi connectivity index (χ3n) is 1.62. The first-order valence-corrected chi connectivity index (χ1v) is 3.60. The van der Waals surface area contributed by atoms with E-state index in [-0.39, 0.29) is 11.9 Å². The highest BCUT2D eigenvalue weighted by Gasteiger charge is 2.06. The van der Waals surface area contributed by atoms with Gasteiger partial charge < -0.3 is 5.73 Å². The number of nitrogens with zero attached hydrogens (tertiary/aromatic N) is 1. The fraction of sp³-hybridized carbons (Fsp3) is 0.222. The Bertz CT molecular complexity index is 326. The van der Waals surface area contributed by atoms with E-state index in [1.54, 1.807) is 6.92 Å². The Morgan fingerprint density at radius 3 is 2.75 bits per heavy atom. The van der Waals surface area contributed by atoms with Crippen LogP contribution in [0.4, 0.5) is 4.39 Å². The number of nitrogens with two attached hydrogens (primary N) is 1. The van der Waals surface area contributed by atoms with E-state index in [1.165, 1.54) is 18.2 Å². The van der Waals surface area contributed by atoms with Crippen molar-refractivity contribution in [2.24, 2.45) is 5.73 Å². The van der Waals surface area contributed by atoms with Crippen LogP contribution in [0.25, 0.3) is 0 Å². The molecule has 0 heterocycles. The van der Waals surface area contributed by atoms with Crippen LogP contribution in [0.3, 0.4) is 0 Å². The summed E-state index contributed by atoms with van der Waals surface area (Å²) in [4.78, 5) is 0. The van der Waals surface area contributed by atoms with E-state index < -0.39 is 0 Å². The van der Waals surface area contributed by atoms with Crippen LogP contribution >= 0.6 is 0 Å². The molecule has 0 bridgehead atoms. The second kappa shape index (κ2) is 3.33. The summed E-state index contributed by atoms with van der Waals surface area (Å²) in [5.41, 5.74) is 6.31. The highest BCUT2D eigenvalue weighted by Crippen LogP contribution is 2.15. The molecule has 2 N–H and O–H groups in total. The van der Waals surface area contributed by atoms with Crippen LogP contribution in [-0.4, -0.2) is 0 Å². The average molecular weight is 164 g/mol. The lowest BCUT2D eigenvalue weighted by Gasteiger charge is -2.06. The first kappa shape index (κ1) is 8.69. The van der Waals surface area contributed by atoms with Gasteiger partial charge in [-0.05, 0) is 25.1 Å². The van der Waals surface area contributed by atoms with E-state index in [4.69, 9.17) is 11.0 Å². The Hall–Kier alpha value is -1.40. The monoisotopic (exact) mass is 164 g/mol. The molecule has 0 saturated heterocycles. The van der Waals surface area contributed by atoms with Gasteiger partial charge in [0.25, 0.3) is 0 Å². The molecule has 0 aliphatic heterocycles. The molecule has 1 aromatic rings. The molecule has 0 fully saturated rings. The van der Waals surface area contributed by atoms with Crippen molar-refractivity contribution in [3.8, 4) is 6.07 Å². The minimum atomic E-state index is -0.377. The number of nitriles is 1. The molecule has 0 radical (unpaired) electrons. The summed E-state index contributed by atoms with van der Waals surface area (Å²) in [7, 11) is 0. The summed E-state index contributed by atoms with van der Waals surface area (Å²) in [6.45, 7) is 1.68. The predicted octanol–water partition coefficient (Wildman–Crippen LogP) is 1.72. The molecule has 0 amide bonds. The first-order chi connectivity index (χ1) is 5.65. The van der Waals surface area contributed by atoms with Gasteiger partial charge in [-0.2, -0.15) is 5.26 Å². The summed E-state index contributed by atoms with van der Waals surface area (Å²) in [6, 6.07) is 5.72. The number of hydrogen-bond acceptors (Lipinski definition) is 2. The SMILES string of the molecule is C[C@@H](N)c1cc(C#N)ccc1F. The van der Waals surface area contributed by atoms with Crippen LogP contribution in [0.2, 0.25) is 0 Å². The molecule has 1 atom stereocenters. The summed E-state index contributed by atoms with van der Waals surface area (Å²) < 4.78 is 13.0. The van der Waals surface area contributed by atoms with Gasteiger partial charge in [-0.25, -0.2) is 4.39 Å². The van der Waals surface area contributed by atoms with Crippen LogP contribution in [-0.2, 0) is 0 Å². The minimum absolute atomic E-state index is 0.357. The number of halogens is 1. The molecule has 3 heteroatoms. The molecule has 0 spiro atoms. The highest BCUT2D eigenvalue weighted by atomic mass is 19.1. The summed E-state index contributed by atoms with van der Waals surface area (Å²) >= 11 is 0. The third kappa shape index (κ3) is 1.60. The maximum absolute atomic E-state index is 13.0. The number of benzene rings is 1. The topological polar surface area (TPSA) is 49.8 Å². The van der Waals surface area contributed by atoms with Crippen molar-refractivity contribution in [2.75, 3.05) is 0 Å². The van der Waals surface area contributed by atoms with Crippen molar-refractivity contribution >= 4 is 0 Å². The Kier molecular flexibility index (Phi) is 2.41. The van der Waals surface area contributed by atoms with E-state index >= 15 is 0 Å². The second-order valence-corrected chi connectivity index (χ2v) is 2.64. The smallest absolute Gasteiger partial charge is 0.128 e. The lowest BCUT2D eigenvalue weighted by molar-refractivity contribution is 0.593. The van der Waals surface area contributed by atoms with Gasteiger partial charge in [-0.15, -0.1) is 0 Å². The average Bonchev–Trinajstić information content (AvgIpc) is 2.05. The van der Waals surface area contributed by atoms with Gasteiger partial charge in [-0.3, -0.25) is 0 Å². The Morgan fingerprint density at radius 1 is 1.58 bits per heavy atom. The molecular formula is C9H9FN2. The zero-order chi connectivity index (χ0) is 9.14. The minimum Gasteiger partial charge on any atom is -0.324 e. The van der Waals surface area contributed by atoms with Crippen molar-refractivity contribution in [2.45, 2.75) is 13.0 Å². The van der Waals surface area contributed by atoms with Crippen molar-refractivity contribution in [3.05, 3.63) is 35.1 Å². The highest BCUT2D eigenvalue weighted by molar-refractivity contribution is 5.34. The predicted molar refractivity (Wildman–Crippen MR) is 43.7 cm³/mol. The fourth-order valence-corrected chi connectivity index (χ4v) is 0.962. The van der Waals surface area contributed by atoms with Crippen molar-refractivity contribution < 1.29 is 4.39 Å². The van der Waals surface area contributed by atoms with Crippen LogP contribution in [0.1, 0.15) is 24.1 Å². The molecule has 1 aromatic carbocycles. The number of hydrogen-bond donors (Lipinski definition) is 1. The summed E-state index contributed by atoms with van der Waals surface area (Å²) in [5.74, 6) is -0.357. The van der Waals surface area contributed by atoms with Crippen molar-refractivity contribution in [3.63, 3.8) is 0 Å². The zero-order valence-corrected chi connectivity index (χ0v) is 6.71. The second-order valence-electron chi connectivity index (χ2n) is 2.64. The van der Waals surface area contributed by atoms with E-state index in [9.17, 15) is 4.39 Å². The Morgan fingerprint density at radius 2 is 2.25 bits per heavy atom. The molecule has 2 nitrogen and oxygen atoms in total. The van der Waals surface area contributed by atoms with E-state index in [0.29, 0.717) is 11.1 Å². The molecule has 0 aromatic heterocycles. The largest absolute Gasteiger partial charge is 0.324 e. The number of rotatable bonds is 1. The van der Waals surface area contributed by atoms with Gasteiger partial charge in [0.1, 0.15) is 5.82 Å². The van der Waals surface area contributed by atoms with Gasteiger partial charge in [0.05, 0.1) is 11.6 Å². The van der Waals surface area contributed by atoms with Crippen molar-refractivity contribution in [1.82, 2.24) is 0 Å². The molecule has 12 heavy (non-hydrogen) atoms.